The van der Waals surface area contributed by atoms with Gasteiger partial charge in [0, 0.05) is 11.8 Å². The Balaban J connectivity index is 1.52. The Hall–Kier alpha value is -3.93. The van der Waals surface area contributed by atoms with E-state index in [1.807, 2.05) is 48.5 Å². The van der Waals surface area contributed by atoms with Gasteiger partial charge >= 0.3 is 0 Å². The molecule has 5 aromatic rings. The number of fused-ring (bicyclic) bond motifs is 3. The van der Waals surface area contributed by atoms with Crippen molar-refractivity contribution in [1.82, 2.24) is 19.6 Å². The van der Waals surface area contributed by atoms with Crippen LogP contribution in [0.2, 0.25) is 0 Å². The molecule has 0 saturated heterocycles. The van der Waals surface area contributed by atoms with Crippen molar-refractivity contribution in [2.45, 2.75) is 13.0 Å². The maximum atomic E-state index is 6.13. The number of rotatable bonds is 5. The van der Waals surface area contributed by atoms with E-state index in [-0.39, 0.29) is 5.95 Å². The molecule has 0 aliphatic rings. The van der Waals surface area contributed by atoms with Gasteiger partial charge in [-0.1, -0.05) is 60.7 Å². The Morgan fingerprint density at radius 3 is 2.55 bits per heavy atom. The summed E-state index contributed by atoms with van der Waals surface area (Å²) in [7, 11) is 0. The number of hydrogen-bond acceptors (Lipinski definition) is 5. The molecule has 2 heterocycles. The van der Waals surface area contributed by atoms with Gasteiger partial charge in [0.1, 0.15) is 18.7 Å². The van der Waals surface area contributed by atoms with E-state index < -0.39 is 0 Å². The van der Waals surface area contributed by atoms with Crippen molar-refractivity contribution in [2.24, 2.45) is 0 Å². The Morgan fingerprint density at radius 2 is 1.66 bits per heavy atom. The van der Waals surface area contributed by atoms with E-state index in [1.54, 1.807) is 10.8 Å². The smallest absolute Gasteiger partial charge is 0.240 e. The average Bonchev–Trinajstić information content (AvgIpc) is 3.14. The molecule has 0 bridgehead atoms. The molecule has 0 atom stereocenters. The lowest BCUT2D eigenvalue weighted by atomic mass is 10.0. The summed E-state index contributed by atoms with van der Waals surface area (Å²) in [5.41, 5.74) is 10.7. The summed E-state index contributed by atoms with van der Waals surface area (Å²) >= 11 is 0. The summed E-state index contributed by atoms with van der Waals surface area (Å²) in [4.78, 5) is 8.90. The highest BCUT2D eigenvalue weighted by Gasteiger charge is 2.13. The number of benzene rings is 3. The molecule has 0 amide bonds. The summed E-state index contributed by atoms with van der Waals surface area (Å²) in [6.45, 7) is 0.528. The number of nitrogen functional groups attached to an aromatic ring is 1. The van der Waals surface area contributed by atoms with Crippen molar-refractivity contribution in [3.8, 4) is 5.75 Å². The first-order chi connectivity index (χ1) is 14.3. The zero-order chi connectivity index (χ0) is 19.6. The van der Waals surface area contributed by atoms with E-state index in [1.165, 1.54) is 0 Å². The van der Waals surface area contributed by atoms with Gasteiger partial charge in [-0.15, -0.1) is 5.10 Å². The third-order valence-electron chi connectivity index (χ3n) is 4.90. The molecular weight excluding hydrogens is 362 g/mol. The van der Waals surface area contributed by atoms with Crippen molar-refractivity contribution in [2.75, 3.05) is 5.73 Å². The molecule has 0 unspecified atom stereocenters. The van der Waals surface area contributed by atoms with E-state index >= 15 is 0 Å². The minimum absolute atomic E-state index is 0.237. The Kier molecular flexibility index (Phi) is 4.29. The molecule has 6 nitrogen and oxygen atoms in total. The van der Waals surface area contributed by atoms with Gasteiger partial charge in [-0.05, 0) is 28.8 Å². The van der Waals surface area contributed by atoms with Gasteiger partial charge in [-0.25, -0.2) is 4.98 Å². The van der Waals surface area contributed by atoms with Crippen molar-refractivity contribution in [3.63, 3.8) is 0 Å². The SMILES string of the molecule is Nc1nc2c3c(Cc4ccccc4OCc4ccccc4)cccc3ncn2n1. The highest BCUT2D eigenvalue weighted by atomic mass is 16.5. The van der Waals surface area contributed by atoms with Crippen LogP contribution >= 0.6 is 0 Å². The Morgan fingerprint density at radius 1 is 0.862 bits per heavy atom. The van der Waals surface area contributed by atoms with Gasteiger partial charge in [0.2, 0.25) is 5.95 Å². The normalized spacial score (nSPS) is 11.2. The highest BCUT2D eigenvalue weighted by Crippen LogP contribution is 2.28. The van der Waals surface area contributed by atoms with Crippen LogP contribution in [0, 0.1) is 0 Å². The summed E-state index contributed by atoms with van der Waals surface area (Å²) in [5, 5.41) is 5.14. The van der Waals surface area contributed by atoms with Crippen LogP contribution in [0.3, 0.4) is 0 Å². The minimum atomic E-state index is 0.237. The van der Waals surface area contributed by atoms with Crippen molar-refractivity contribution in [1.29, 1.82) is 0 Å². The van der Waals surface area contributed by atoms with Gasteiger partial charge in [0.05, 0.1) is 5.52 Å². The molecule has 2 N–H and O–H groups in total. The van der Waals surface area contributed by atoms with Crippen molar-refractivity contribution < 1.29 is 4.74 Å². The van der Waals surface area contributed by atoms with E-state index in [9.17, 15) is 0 Å². The minimum Gasteiger partial charge on any atom is -0.489 e. The molecule has 0 radical (unpaired) electrons. The molecule has 0 aliphatic heterocycles. The first-order valence-corrected chi connectivity index (χ1v) is 9.41. The quantitative estimate of drug-likeness (QED) is 0.497. The van der Waals surface area contributed by atoms with Crippen LogP contribution in [-0.4, -0.2) is 19.6 Å². The fourth-order valence-corrected chi connectivity index (χ4v) is 3.54. The van der Waals surface area contributed by atoms with Gasteiger partial charge in [0.25, 0.3) is 0 Å². The number of nitrogens with two attached hydrogens (primary N) is 1. The van der Waals surface area contributed by atoms with Crippen LogP contribution in [0.15, 0.2) is 79.1 Å². The summed E-state index contributed by atoms with van der Waals surface area (Å²) < 4.78 is 7.75. The lowest BCUT2D eigenvalue weighted by Crippen LogP contribution is -2.00. The van der Waals surface area contributed by atoms with Crippen LogP contribution in [0.4, 0.5) is 5.95 Å². The first-order valence-electron chi connectivity index (χ1n) is 9.41. The van der Waals surface area contributed by atoms with Gasteiger partial charge in [0.15, 0.2) is 5.65 Å². The predicted octanol–water partition coefficient (Wildman–Crippen LogP) is 4.03. The van der Waals surface area contributed by atoms with Crippen LogP contribution in [0.5, 0.6) is 5.75 Å². The second kappa shape index (κ2) is 7.24. The first kappa shape index (κ1) is 17.2. The molecule has 29 heavy (non-hydrogen) atoms. The lowest BCUT2D eigenvalue weighted by molar-refractivity contribution is 0.303. The van der Waals surface area contributed by atoms with E-state index in [0.717, 1.165) is 33.3 Å². The van der Waals surface area contributed by atoms with Crippen LogP contribution in [0.25, 0.3) is 16.6 Å². The van der Waals surface area contributed by atoms with Gasteiger partial charge < -0.3 is 10.5 Å². The summed E-state index contributed by atoms with van der Waals surface area (Å²) in [6, 6.07) is 24.3. The Labute approximate surface area is 167 Å². The molecule has 0 saturated carbocycles. The van der Waals surface area contributed by atoms with Gasteiger partial charge in [-0.2, -0.15) is 9.50 Å². The third kappa shape index (κ3) is 3.36. The fraction of sp³-hybridized carbons (Fsp3) is 0.0870. The van der Waals surface area contributed by atoms with E-state index in [0.29, 0.717) is 18.7 Å². The van der Waals surface area contributed by atoms with E-state index in [4.69, 9.17) is 10.5 Å². The van der Waals surface area contributed by atoms with Crippen LogP contribution in [-0.2, 0) is 13.0 Å². The third-order valence-corrected chi connectivity index (χ3v) is 4.90. The number of aromatic nitrogens is 4. The monoisotopic (exact) mass is 381 g/mol. The largest absolute Gasteiger partial charge is 0.489 e. The molecule has 5 rings (SSSR count). The number of nitrogens with zero attached hydrogens (tertiary/aromatic N) is 4. The number of para-hydroxylation sites is 1. The fourth-order valence-electron chi connectivity index (χ4n) is 3.54. The van der Waals surface area contributed by atoms with Crippen molar-refractivity contribution in [3.05, 3.63) is 95.8 Å². The molecule has 0 aliphatic carbocycles. The van der Waals surface area contributed by atoms with Gasteiger partial charge in [-0.3, -0.25) is 0 Å². The molecule has 2 aromatic heterocycles. The Bertz CT molecular complexity index is 1300. The maximum Gasteiger partial charge on any atom is 0.240 e. The topological polar surface area (TPSA) is 78.3 Å². The van der Waals surface area contributed by atoms with E-state index in [2.05, 4.69) is 39.3 Å². The second-order valence-corrected chi connectivity index (χ2v) is 6.85. The number of hydrogen-bond donors (Lipinski definition) is 1. The second-order valence-electron chi connectivity index (χ2n) is 6.85. The molecule has 0 fully saturated rings. The predicted molar refractivity (Wildman–Crippen MR) is 113 cm³/mol. The molecular formula is C23H19N5O. The standard InChI is InChI=1S/C23H19N5O/c24-23-26-22-21-18(10-6-11-19(21)25-15-28(22)27-23)13-17-9-4-5-12-20(17)29-14-16-7-2-1-3-8-16/h1-12,15H,13-14H2,(H2,24,27). The average molecular weight is 381 g/mol. The maximum absolute atomic E-state index is 6.13. The number of anilines is 1. The lowest BCUT2D eigenvalue weighted by Gasteiger charge is -2.13. The zero-order valence-electron chi connectivity index (χ0n) is 15.7. The molecule has 3 aromatic carbocycles. The molecule has 0 spiro atoms. The number of ether oxygens (including phenoxy) is 1. The summed E-state index contributed by atoms with van der Waals surface area (Å²) in [5.74, 6) is 1.11. The van der Waals surface area contributed by atoms with Crippen LogP contribution < -0.4 is 10.5 Å². The zero-order valence-corrected chi connectivity index (χ0v) is 15.7. The molecule has 142 valence electrons. The van der Waals surface area contributed by atoms with Crippen LogP contribution in [0.1, 0.15) is 16.7 Å². The molecule has 6 heteroatoms. The highest BCUT2D eigenvalue weighted by molar-refractivity contribution is 5.94. The van der Waals surface area contributed by atoms with Crippen molar-refractivity contribution >= 4 is 22.5 Å². The summed E-state index contributed by atoms with van der Waals surface area (Å²) in [6.07, 6.45) is 2.33.